The van der Waals surface area contributed by atoms with Crippen LogP contribution in [-0.4, -0.2) is 32.0 Å². The lowest BCUT2D eigenvalue weighted by molar-refractivity contribution is -0.123. The molecule has 0 radical (unpaired) electrons. The first-order valence-corrected chi connectivity index (χ1v) is 14.8. The summed E-state index contributed by atoms with van der Waals surface area (Å²) in [4.78, 5) is 52.1. The van der Waals surface area contributed by atoms with Crippen LogP contribution in [0.5, 0.6) is 0 Å². The molecule has 0 saturated carbocycles. The lowest BCUT2D eigenvalue weighted by Gasteiger charge is -2.17. The van der Waals surface area contributed by atoms with Crippen molar-refractivity contribution in [2.75, 3.05) is 9.80 Å². The molecule has 4 rings (SSSR count). The van der Waals surface area contributed by atoms with Crippen LogP contribution in [0.25, 0.3) is 0 Å². The highest BCUT2D eigenvalue weighted by Crippen LogP contribution is 2.32. The van der Waals surface area contributed by atoms with Crippen LogP contribution in [0, 0.1) is 107 Å². The van der Waals surface area contributed by atoms with Crippen molar-refractivity contribution in [3.05, 3.63) is 48.5 Å². The van der Waals surface area contributed by atoms with Gasteiger partial charge in [-0.3, -0.25) is 24.1 Å². The minimum absolute atomic E-state index is 0. The van der Waals surface area contributed by atoms with Crippen molar-refractivity contribution in [3.63, 3.8) is 0 Å². The maximum atomic E-state index is 13.5. The summed E-state index contributed by atoms with van der Waals surface area (Å²) >= 11 is 0. The Bertz CT molecular complexity index is 2350. The maximum absolute atomic E-state index is 13.5. The van der Waals surface area contributed by atoms with Gasteiger partial charge >= 0.3 is 0 Å². The molecule has 248 valence electrons. The quantitative estimate of drug-likeness (QED) is 0.314. The zero-order valence-electron chi connectivity index (χ0n) is 24.0. The number of carbonyl (C=O) groups excluding carboxylic acids is 4. The van der Waals surface area contributed by atoms with Crippen molar-refractivity contribution in [2.45, 2.75) is 29.6 Å². The summed E-state index contributed by atoms with van der Waals surface area (Å²) in [5.41, 5.74) is 0.199. The molecule has 2 atom stereocenters. The predicted molar refractivity (Wildman–Crippen MR) is 200 cm³/mol. The molecule has 2 aromatic carbocycles. The molecule has 2 unspecified atom stereocenters. The molecule has 2 fully saturated rings. The van der Waals surface area contributed by atoms with Gasteiger partial charge in [0, 0.05) is 33.7 Å². The summed E-state index contributed by atoms with van der Waals surface area (Å²) in [6.07, 6.45) is 4.78. The predicted octanol–water partition coefficient (Wildman–Crippen LogP) is 5.65. The molecule has 0 aromatic heterocycles. The van der Waals surface area contributed by atoms with Crippen LogP contribution in [0.2, 0.25) is 0 Å². The average Bonchev–Trinajstić information content (AvgIpc) is 3.47. The first-order chi connectivity index (χ1) is 22.1. The smallest absolute Gasteiger partial charge is 0.249 e. The molecular formula is C37H48N2O6S. The van der Waals surface area contributed by atoms with Crippen LogP contribution < -0.4 is 9.80 Å². The Balaban J connectivity index is -0.000000160. The summed E-state index contributed by atoms with van der Waals surface area (Å²) in [6.45, 7) is 1.63. The van der Waals surface area contributed by atoms with Crippen LogP contribution in [-0.2, 0) is 29.0 Å². The van der Waals surface area contributed by atoms with Gasteiger partial charge in [-0.05, 0) is 119 Å². The number of benzene rings is 2. The molecule has 8 nitrogen and oxygen atoms in total. The van der Waals surface area contributed by atoms with Crippen molar-refractivity contribution in [2.24, 2.45) is 11.8 Å². The third-order valence-corrected chi connectivity index (χ3v) is 8.11. The number of anilines is 2. The SMILES string of the molecule is C#CC#CC#CC#CC#CC#CC#CC#CC1CC(=O)N(c2cccc(S(=O)(=O)c3cccc(N4C(=O)CC(C)C4=O)c3)c2)C1=O.[HH].[HH].[HH].[HH].[HH].[HH].[HH].[HH].[HH].[HH].[HH].[HH].[HH].[HH].[HH]. The number of imide groups is 2. The van der Waals surface area contributed by atoms with E-state index < -0.39 is 45.3 Å². The van der Waals surface area contributed by atoms with E-state index in [-0.39, 0.29) is 55.4 Å². The van der Waals surface area contributed by atoms with Crippen molar-refractivity contribution in [1.82, 2.24) is 0 Å². The standard InChI is InChI=1S/C37H18N2O6S.15H2/c1-3-4-5-6-7-8-9-10-11-12-13-14-15-16-19-29-25-35(41)39(37(29)43)31-21-18-23-33(27-31)46(44,45)32-22-17-20-30(26-32)38-34(40)24-28(2)36(38)42;;;;;;;;;;;;;;;/h1,17-18,20-23,26-29H,24-25H2,2H3;15*1H. The third kappa shape index (κ3) is 7.37. The number of hydrogen-bond donors (Lipinski definition) is 0. The summed E-state index contributed by atoms with van der Waals surface area (Å²) in [7, 11) is -4.17. The fourth-order valence-electron chi connectivity index (χ4n) is 4.29. The van der Waals surface area contributed by atoms with Gasteiger partial charge in [-0.25, -0.2) is 13.3 Å². The number of hydrogen-bond acceptors (Lipinski definition) is 6. The van der Waals surface area contributed by atoms with E-state index in [0.29, 0.717) is 0 Å². The molecule has 9 heteroatoms. The van der Waals surface area contributed by atoms with Gasteiger partial charge in [0.05, 0.1) is 27.6 Å². The molecule has 4 amide bonds. The van der Waals surface area contributed by atoms with Crippen LogP contribution >= 0.6 is 0 Å². The lowest BCUT2D eigenvalue weighted by Crippen LogP contribution is -2.30. The molecule has 0 bridgehead atoms. The van der Waals surface area contributed by atoms with Gasteiger partial charge < -0.3 is 0 Å². The molecule has 2 heterocycles. The van der Waals surface area contributed by atoms with E-state index in [1.807, 2.05) is 0 Å². The van der Waals surface area contributed by atoms with Crippen molar-refractivity contribution < 1.29 is 49.0 Å². The molecule has 46 heavy (non-hydrogen) atoms. The normalized spacial score (nSPS) is 16.1. The number of carbonyl (C=O) groups is 4. The Labute approximate surface area is 289 Å². The first-order valence-electron chi connectivity index (χ1n) is 13.3. The van der Waals surface area contributed by atoms with Crippen LogP contribution in [0.15, 0.2) is 58.3 Å². The van der Waals surface area contributed by atoms with E-state index in [1.165, 1.54) is 48.5 Å². The van der Waals surface area contributed by atoms with E-state index in [0.717, 1.165) is 9.80 Å². The highest BCUT2D eigenvalue weighted by Gasteiger charge is 2.39. The number of sulfone groups is 1. The number of amides is 4. The van der Waals surface area contributed by atoms with Crippen molar-refractivity contribution in [3.8, 4) is 95.2 Å². The minimum Gasteiger partial charge on any atom is -0.274 e. The molecule has 2 aliphatic rings. The van der Waals surface area contributed by atoms with E-state index in [4.69, 9.17) is 6.42 Å². The molecular weight excluding hydrogens is 600 g/mol. The van der Waals surface area contributed by atoms with Gasteiger partial charge in [0.25, 0.3) is 0 Å². The average molecular weight is 649 g/mol. The van der Waals surface area contributed by atoms with Gasteiger partial charge in [0.2, 0.25) is 33.5 Å². The number of rotatable bonds is 4. The lowest BCUT2D eigenvalue weighted by atomic mass is 10.1. The number of nitrogens with zero attached hydrogens (tertiary/aromatic N) is 2. The second-order valence-corrected chi connectivity index (χ2v) is 11.4. The number of terminal acetylenes is 1. The Morgan fingerprint density at radius 3 is 1.54 bits per heavy atom. The zero-order chi connectivity index (χ0) is 33.1. The topological polar surface area (TPSA) is 109 Å². The van der Waals surface area contributed by atoms with Gasteiger partial charge in [0.1, 0.15) is 5.92 Å². The monoisotopic (exact) mass is 648 g/mol. The summed E-state index contributed by atoms with van der Waals surface area (Å²) in [5.74, 6) is 32.9. The molecule has 0 spiro atoms. The first kappa shape index (κ1) is 32.1. The van der Waals surface area contributed by atoms with E-state index in [2.05, 4.69) is 88.8 Å². The van der Waals surface area contributed by atoms with Gasteiger partial charge in [-0.2, -0.15) is 0 Å². The van der Waals surface area contributed by atoms with Gasteiger partial charge in [-0.1, -0.05) is 25.0 Å². The fraction of sp³-hybridized carbons (Fsp3) is 0.135. The second-order valence-electron chi connectivity index (χ2n) is 9.41. The Morgan fingerprint density at radius 2 is 1.09 bits per heavy atom. The largest absolute Gasteiger partial charge is 0.274 e. The fourth-order valence-corrected chi connectivity index (χ4v) is 5.63. The maximum Gasteiger partial charge on any atom is 0.249 e. The van der Waals surface area contributed by atoms with E-state index in [9.17, 15) is 27.6 Å². The van der Waals surface area contributed by atoms with E-state index >= 15 is 0 Å². The van der Waals surface area contributed by atoms with Crippen LogP contribution in [0.3, 0.4) is 0 Å². The molecule has 2 aromatic rings. The summed E-state index contributed by atoms with van der Waals surface area (Å²) in [6, 6.07) is 10.9. The van der Waals surface area contributed by atoms with Crippen molar-refractivity contribution >= 4 is 44.8 Å². The molecule has 2 saturated heterocycles. The highest BCUT2D eigenvalue weighted by molar-refractivity contribution is 7.91. The third-order valence-electron chi connectivity index (χ3n) is 6.36. The van der Waals surface area contributed by atoms with Gasteiger partial charge in [-0.15, -0.1) is 6.42 Å². The minimum atomic E-state index is -4.17. The van der Waals surface area contributed by atoms with Crippen LogP contribution in [0.1, 0.15) is 41.2 Å². The van der Waals surface area contributed by atoms with E-state index in [1.54, 1.807) is 6.92 Å². The van der Waals surface area contributed by atoms with Crippen molar-refractivity contribution in [1.29, 1.82) is 0 Å². The Kier molecular flexibility index (Phi) is 10.1. The molecule has 2 aliphatic heterocycles. The molecule has 0 aliphatic carbocycles. The highest BCUT2D eigenvalue weighted by atomic mass is 32.2. The Hall–Kier alpha value is -6.85. The Morgan fingerprint density at radius 1 is 0.652 bits per heavy atom. The molecule has 0 N–H and O–H groups in total. The van der Waals surface area contributed by atoms with Crippen LogP contribution in [0.4, 0.5) is 11.4 Å². The second kappa shape index (κ2) is 14.6. The summed E-state index contributed by atoms with van der Waals surface area (Å²) in [5, 5.41) is 0. The van der Waals surface area contributed by atoms with Gasteiger partial charge in [0.15, 0.2) is 0 Å². The summed E-state index contributed by atoms with van der Waals surface area (Å²) < 4.78 is 27.1. The zero-order valence-corrected chi connectivity index (χ0v) is 24.8.